The predicted molar refractivity (Wildman–Crippen MR) is 85.4 cm³/mol. The third-order valence-corrected chi connectivity index (χ3v) is 4.57. The van der Waals surface area contributed by atoms with Gasteiger partial charge < -0.3 is 9.64 Å². The van der Waals surface area contributed by atoms with E-state index in [1.54, 1.807) is 6.07 Å². The minimum absolute atomic E-state index is 0.168. The predicted octanol–water partition coefficient (Wildman–Crippen LogP) is 4.13. The number of carbonyl (C=O) groups is 1. The highest BCUT2D eigenvalue weighted by molar-refractivity contribution is 5.88. The summed E-state index contributed by atoms with van der Waals surface area (Å²) >= 11 is 0. The summed E-state index contributed by atoms with van der Waals surface area (Å²) in [4.78, 5) is 14.4. The molecule has 0 aliphatic carbocycles. The lowest BCUT2D eigenvalue weighted by Crippen LogP contribution is -2.57. The Morgan fingerprint density at radius 3 is 2.42 bits per heavy atom. The lowest BCUT2D eigenvalue weighted by atomic mass is 9.90. The van der Waals surface area contributed by atoms with E-state index in [1.807, 2.05) is 13.8 Å². The normalized spacial score (nSPS) is 21.1. The summed E-state index contributed by atoms with van der Waals surface area (Å²) in [6, 6.07) is 7.00. The molecule has 0 saturated carbocycles. The van der Waals surface area contributed by atoms with Crippen LogP contribution in [0.3, 0.4) is 0 Å². The van der Waals surface area contributed by atoms with Gasteiger partial charge in [0.15, 0.2) is 0 Å². The van der Waals surface area contributed by atoms with Gasteiger partial charge in [-0.25, -0.2) is 0 Å². The van der Waals surface area contributed by atoms with Crippen molar-refractivity contribution in [2.24, 2.45) is 5.92 Å². The van der Waals surface area contributed by atoms with Crippen LogP contribution in [0.25, 0.3) is 0 Å². The van der Waals surface area contributed by atoms with Gasteiger partial charge in [-0.3, -0.25) is 4.79 Å². The molecule has 0 bridgehead atoms. The number of alkyl halides is 3. The van der Waals surface area contributed by atoms with E-state index in [1.165, 1.54) is 29.2 Å². The smallest absolute Gasteiger partial charge is 0.356 e. The van der Waals surface area contributed by atoms with Crippen LogP contribution < -0.4 is 0 Å². The number of likely N-dealkylation sites (tertiary alicyclic amines) is 1. The van der Waals surface area contributed by atoms with Crippen LogP contribution in [-0.4, -0.2) is 36.7 Å². The van der Waals surface area contributed by atoms with E-state index in [2.05, 4.69) is 0 Å². The summed E-state index contributed by atoms with van der Waals surface area (Å²) in [7, 11) is 0.950. The van der Waals surface area contributed by atoms with E-state index in [0.717, 1.165) is 20.0 Å². The molecule has 2 atom stereocenters. The fourth-order valence-electron chi connectivity index (χ4n) is 3.50. The van der Waals surface area contributed by atoms with E-state index < -0.39 is 17.7 Å². The first-order valence-electron chi connectivity index (χ1n) is 8.22. The second-order valence-corrected chi connectivity index (χ2v) is 6.67. The third-order valence-electron chi connectivity index (χ3n) is 4.57. The second-order valence-electron chi connectivity index (χ2n) is 6.67. The summed E-state index contributed by atoms with van der Waals surface area (Å²) in [5, 5.41) is 0. The molecule has 0 N–H and O–H groups in total. The fraction of sp³-hybridized carbons (Fsp3) is 0.611. The van der Waals surface area contributed by atoms with Crippen molar-refractivity contribution in [3.05, 3.63) is 35.9 Å². The summed E-state index contributed by atoms with van der Waals surface area (Å²) in [6.07, 6.45) is -2.70. The SMILES string of the molecule is CO[C@](C(=O)N1CCC[C@H]1CC(C)C)(c1ccccc1)C(F)(F)F. The van der Waals surface area contributed by atoms with Crippen molar-refractivity contribution in [2.75, 3.05) is 13.7 Å². The monoisotopic (exact) mass is 343 g/mol. The van der Waals surface area contributed by atoms with Crippen LogP contribution in [0.2, 0.25) is 0 Å². The van der Waals surface area contributed by atoms with Gasteiger partial charge in [-0.1, -0.05) is 44.2 Å². The van der Waals surface area contributed by atoms with E-state index in [-0.39, 0.29) is 11.6 Å². The Bertz CT molecular complexity index is 559. The Labute approximate surface area is 140 Å². The zero-order valence-corrected chi connectivity index (χ0v) is 14.3. The number of rotatable bonds is 5. The molecule has 0 unspecified atom stereocenters. The van der Waals surface area contributed by atoms with Gasteiger partial charge in [0.2, 0.25) is 0 Å². The molecule has 0 aromatic heterocycles. The number of ether oxygens (including phenoxy) is 1. The number of methoxy groups -OCH3 is 1. The first-order chi connectivity index (χ1) is 11.2. The number of carbonyl (C=O) groups excluding carboxylic acids is 1. The van der Waals surface area contributed by atoms with Gasteiger partial charge in [-0.05, 0) is 25.2 Å². The Hall–Kier alpha value is -1.56. The summed E-state index contributed by atoms with van der Waals surface area (Å²) < 4.78 is 46.8. The van der Waals surface area contributed by atoms with Crippen molar-refractivity contribution >= 4 is 5.91 Å². The highest BCUT2D eigenvalue weighted by atomic mass is 19.4. The molecule has 2 rings (SSSR count). The fourth-order valence-corrected chi connectivity index (χ4v) is 3.50. The molecule has 6 heteroatoms. The van der Waals surface area contributed by atoms with Crippen LogP contribution in [-0.2, 0) is 15.1 Å². The third kappa shape index (κ3) is 3.29. The first kappa shape index (κ1) is 18.8. The molecule has 1 heterocycles. The molecule has 24 heavy (non-hydrogen) atoms. The summed E-state index contributed by atoms with van der Waals surface area (Å²) in [5.41, 5.74) is -3.13. The Morgan fingerprint density at radius 1 is 1.29 bits per heavy atom. The highest BCUT2D eigenvalue weighted by Crippen LogP contribution is 2.44. The number of benzene rings is 1. The van der Waals surface area contributed by atoms with Gasteiger partial charge in [0, 0.05) is 25.3 Å². The molecule has 1 amide bonds. The molecule has 1 aromatic carbocycles. The maximum atomic E-state index is 14.0. The molecular weight excluding hydrogens is 319 g/mol. The molecule has 3 nitrogen and oxygen atoms in total. The largest absolute Gasteiger partial charge is 0.430 e. The molecule has 1 aliphatic rings. The Morgan fingerprint density at radius 2 is 1.92 bits per heavy atom. The molecule has 0 radical (unpaired) electrons. The van der Waals surface area contributed by atoms with Gasteiger partial charge in [-0.2, -0.15) is 13.2 Å². The zero-order valence-electron chi connectivity index (χ0n) is 14.3. The number of nitrogens with zero attached hydrogens (tertiary/aromatic N) is 1. The van der Waals surface area contributed by atoms with E-state index in [9.17, 15) is 18.0 Å². The van der Waals surface area contributed by atoms with Gasteiger partial charge in [0.25, 0.3) is 11.5 Å². The van der Waals surface area contributed by atoms with Crippen LogP contribution in [0.4, 0.5) is 13.2 Å². The van der Waals surface area contributed by atoms with Crippen LogP contribution in [0.1, 0.15) is 38.7 Å². The number of hydrogen-bond donors (Lipinski definition) is 0. The lowest BCUT2D eigenvalue weighted by Gasteiger charge is -2.38. The maximum Gasteiger partial charge on any atom is 0.430 e. The number of amides is 1. The summed E-state index contributed by atoms with van der Waals surface area (Å²) in [5.74, 6) is -0.699. The van der Waals surface area contributed by atoms with Crippen LogP contribution in [0, 0.1) is 5.92 Å². The molecule has 1 aromatic rings. The molecule has 134 valence electrons. The zero-order chi connectivity index (χ0) is 18.0. The topological polar surface area (TPSA) is 29.5 Å². The van der Waals surface area contributed by atoms with Crippen molar-refractivity contribution < 1.29 is 22.7 Å². The van der Waals surface area contributed by atoms with Crippen LogP contribution >= 0.6 is 0 Å². The molecule has 1 aliphatic heterocycles. The van der Waals surface area contributed by atoms with Gasteiger partial charge in [0.05, 0.1) is 0 Å². The van der Waals surface area contributed by atoms with Crippen molar-refractivity contribution in [2.45, 2.75) is 50.9 Å². The second kappa shape index (κ2) is 7.13. The van der Waals surface area contributed by atoms with Crippen molar-refractivity contribution in [3.8, 4) is 0 Å². The average Bonchev–Trinajstić information content (AvgIpc) is 2.95. The van der Waals surface area contributed by atoms with E-state index in [0.29, 0.717) is 18.9 Å². The first-order valence-corrected chi connectivity index (χ1v) is 8.22. The van der Waals surface area contributed by atoms with Crippen molar-refractivity contribution in [1.82, 2.24) is 4.90 Å². The molecular formula is C18H24F3NO2. The Kier molecular flexibility index (Phi) is 5.58. The Balaban J connectivity index is 2.46. The molecule has 1 fully saturated rings. The maximum absolute atomic E-state index is 14.0. The van der Waals surface area contributed by atoms with Crippen LogP contribution in [0.15, 0.2) is 30.3 Å². The van der Waals surface area contributed by atoms with Crippen molar-refractivity contribution in [3.63, 3.8) is 0 Å². The van der Waals surface area contributed by atoms with Gasteiger partial charge >= 0.3 is 6.18 Å². The highest BCUT2D eigenvalue weighted by Gasteiger charge is 2.64. The lowest BCUT2D eigenvalue weighted by molar-refractivity contribution is -0.270. The minimum Gasteiger partial charge on any atom is -0.356 e. The van der Waals surface area contributed by atoms with Gasteiger partial charge in [-0.15, -0.1) is 0 Å². The molecule has 0 spiro atoms. The summed E-state index contributed by atoms with van der Waals surface area (Å²) in [6.45, 7) is 4.35. The standard InChI is InChI=1S/C18H24F3NO2/c1-13(2)12-15-10-7-11-22(15)16(23)17(24-3,18(19,20)21)14-8-5-4-6-9-14/h4-6,8-9,13,15H,7,10-12H2,1-3H3/t15-,17-/m0/s1. The van der Waals surface area contributed by atoms with Crippen molar-refractivity contribution in [1.29, 1.82) is 0 Å². The number of hydrogen-bond acceptors (Lipinski definition) is 2. The number of halogens is 3. The minimum atomic E-state index is -4.84. The quantitative estimate of drug-likeness (QED) is 0.805. The van der Waals surface area contributed by atoms with E-state index >= 15 is 0 Å². The van der Waals surface area contributed by atoms with E-state index in [4.69, 9.17) is 4.74 Å². The van der Waals surface area contributed by atoms with Gasteiger partial charge in [0.1, 0.15) is 0 Å². The average molecular weight is 343 g/mol. The molecule has 1 saturated heterocycles. The van der Waals surface area contributed by atoms with Crippen LogP contribution in [0.5, 0.6) is 0 Å².